The minimum atomic E-state index is -1.05. The van der Waals surface area contributed by atoms with E-state index >= 15 is 0 Å². The fourth-order valence-electron chi connectivity index (χ4n) is 3.15. The third kappa shape index (κ3) is 5.15. The molecule has 33 heavy (non-hydrogen) atoms. The number of rotatable bonds is 7. The van der Waals surface area contributed by atoms with Gasteiger partial charge in [0.25, 0.3) is 11.7 Å². The van der Waals surface area contributed by atoms with Gasteiger partial charge in [-0.25, -0.2) is 13.9 Å². The Morgan fingerprint density at radius 2 is 1.76 bits per heavy atom. The number of hydrogen-bond donors (Lipinski definition) is 1. The number of nitrogens with zero attached hydrogens (tertiary/aromatic N) is 3. The Balaban J connectivity index is 1.51. The van der Waals surface area contributed by atoms with Crippen LogP contribution in [0.4, 0.5) is 4.39 Å². The first-order chi connectivity index (χ1) is 15.9. The van der Waals surface area contributed by atoms with E-state index in [1.807, 2.05) is 54.8 Å². The van der Waals surface area contributed by atoms with E-state index in [1.54, 1.807) is 0 Å². The second-order valence-electron chi connectivity index (χ2n) is 7.31. The SMILES string of the molecule is CC(OC(=O)c1nc(-c2cccs2)n(-c2ccc(F)cc2)n1)C(=O)NC(C)c1ccccc1. The second-order valence-corrected chi connectivity index (χ2v) is 8.26. The molecular formula is C24H21FN4O3S. The predicted octanol–water partition coefficient (Wildman–Crippen LogP) is 4.56. The van der Waals surface area contributed by atoms with Crippen LogP contribution in [0.5, 0.6) is 0 Å². The molecule has 0 aliphatic rings. The molecule has 1 N–H and O–H groups in total. The molecule has 0 aliphatic heterocycles. The molecule has 0 aliphatic carbocycles. The second kappa shape index (κ2) is 9.74. The summed E-state index contributed by atoms with van der Waals surface area (Å²) in [6.45, 7) is 3.34. The molecule has 2 heterocycles. The minimum Gasteiger partial charge on any atom is -0.447 e. The summed E-state index contributed by atoms with van der Waals surface area (Å²) >= 11 is 1.42. The van der Waals surface area contributed by atoms with Crippen molar-refractivity contribution in [2.24, 2.45) is 0 Å². The van der Waals surface area contributed by atoms with Crippen molar-refractivity contribution in [2.75, 3.05) is 0 Å². The van der Waals surface area contributed by atoms with Gasteiger partial charge < -0.3 is 10.1 Å². The van der Waals surface area contributed by atoms with Crippen LogP contribution in [0.3, 0.4) is 0 Å². The van der Waals surface area contributed by atoms with Crippen molar-refractivity contribution in [3.8, 4) is 16.4 Å². The van der Waals surface area contributed by atoms with E-state index in [9.17, 15) is 14.0 Å². The van der Waals surface area contributed by atoms with Crippen LogP contribution in [0.1, 0.15) is 36.1 Å². The Labute approximate surface area is 193 Å². The van der Waals surface area contributed by atoms with Gasteiger partial charge in [-0.1, -0.05) is 36.4 Å². The zero-order valence-corrected chi connectivity index (χ0v) is 18.8. The molecule has 0 radical (unpaired) electrons. The van der Waals surface area contributed by atoms with Crippen LogP contribution < -0.4 is 5.32 Å². The van der Waals surface area contributed by atoms with Gasteiger partial charge in [0, 0.05) is 0 Å². The topological polar surface area (TPSA) is 86.1 Å². The van der Waals surface area contributed by atoms with Gasteiger partial charge >= 0.3 is 5.97 Å². The molecule has 4 aromatic rings. The first-order valence-corrected chi connectivity index (χ1v) is 11.1. The normalized spacial score (nSPS) is 12.7. The lowest BCUT2D eigenvalue weighted by atomic mass is 10.1. The van der Waals surface area contributed by atoms with Crippen LogP contribution in [0.15, 0.2) is 72.1 Å². The van der Waals surface area contributed by atoms with Gasteiger partial charge in [-0.05, 0) is 55.1 Å². The number of halogens is 1. The van der Waals surface area contributed by atoms with E-state index < -0.39 is 18.0 Å². The standard InChI is InChI=1S/C24H21FN4O3S/c1-15(17-7-4-3-5-8-17)26-23(30)16(2)32-24(31)21-27-22(20-9-6-14-33-20)29(28-21)19-12-10-18(25)11-13-19/h3-16H,1-2H3,(H,26,30). The molecule has 168 valence electrons. The maximum absolute atomic E-state index is 13.4. The quantitative estimate of drug-likeness (QED) is 0.405. The Hall–Kier alpha value is -3.85. The number of carbonyl (C=O) groups excluding carboxylic acids is 2. The highest BCUT2D eigenvalue weighted by atomic mass is 32.1. The number of amides is 1. The molecular weight excluding hydrogens is 443 g/mol. The lowest BCUT2D eigenvalue weighted by Gasteiger charge is -2.17. The number of ether oxygens (including phenoxy) is 1. The van der Waals surface area contributed by atoms with Gasteiger partial charge in [-0.15, -0.1) is 16.4 Å². The van der Waals surface area contributed by atoms with Crippen molar-refractivity contribution in [3.63, 3.8) is 0 Å². The van der Waals surface area contributed by atoms with E-state index in [1.165, 1.54) is 47.2 Å². The maximum atomic E-state index is 13.4. The summed E-state index contributed by atoms with van der Waals surface area (Å²) in [5.74, 6) is -1.43. The summed E-state index contributed by atoms with van der Waals surface area (Å²) < 4.78 is 20.2. The highest BCUT2D eigenvalue weighted by Crippen LogP contribution is 2.26. The predicted molar refractivity (Wildman–Crippen MR) is 123 cm³/mol. The number of esters is 1. The fourth-order valence-corrected chi connectivity index (χ4v) is 3.85. The van der Waals surface area contributed by atoms with Crippen molar-refractivity contribution in [2.45, 2.75) is 26.0 Å². The molecule has 7 nitrogen and oxygen atoms in total. The number of carbonyl (C=O) groups is 2. The average Bonchev–Trinajstić information content (AvgIpc) is 3.50. The number of hydrogen-bond acceptors (Lipinski definition) is 6. The van der Waals surface area contributed by atoms with Gasteiger partial charge in [-0.2, -0.15) is 4.98 Å². The highest BCUT2D eigenvalue weighted by Gasteiger charge is 2.25. The molecule has 2 unspecified atom stereocenters. The van der Waals surface area contributed by atoms with Crippen molar-refractivity contribution in [1.29, 1.82) is 0 Å². The highest BCUT2D eigenvalue weighted by molar-refractivity contribution is 7.13. The zero-order chi connectivity index (χ0) is 23.4. The van der Waals surface area contributed by atoms with Crippen LogP contribution in [0.25, 0.3) is 16.4 Å². The molecule has 2 atom stereocenters. The monoisotopic (exact) mass is 464 g/mol. The Morgan fingerprint density at radius 3 is 2.42 bits per heavy atom. The number of aromatic nitrogens is 3. The number of benzene rings is 2. The Kier molecular flexibility index (Phi) is 6.60. The van der Waals surface area contributed by atoms with Crippen LogP contribution >= 0.6 is 11.3 Å². The molecule has 0 saturated heterocycles. The molecule has 0 spiro atoms. The molecule has 0 fully saturated rings. The van der Waals surface area contributed by atoms with Crippen molar-refractivity contribution in [3.05, 3.63) is 89.3 Å². The molecule has 2 aromatic heterocycles. The van der Waals surface area contributed by atoms with E-state index in [0.29, 0.717) is 11.5 Å². The van der Waals surface area contributed by atoms with E-state index in [-0.39, 0.29) is 17.7 Å². The van der Waals surface area contributed by atoms with Crippen molar-refractivity contribution in [1.82, 2.24) is 20.1 Å². The number of nitrogens with one attached hydrogen (secondary N) is 1. The lowest BCUT2D eigenvalue weighted by Crippen LogP contribution is -2.37. The summed E-state index contributed by atoms with van der Waals surface area (Å²) in [6, 6.07) is 18.6. The van der Waals surface area contributed by atoms with Crippen molar-refractivity contribution >= 4 is 23.2 Å². The largest absolute Gasteiger partial charge is 0.447 e. The van der Waals surface area contributed by atoms with Crippen LogP contribution in [-0.4, -0.2) is 32.7 Å². The summed E-state index contributed by atoms with van der Waals surface area (Å²) in [7, 11) is 0. The molecule has 2 aromatic carbocycles. The van der Waals surface area contributed by atoms with Crippen molar-refractivity contribution < 1.29 is 18.7 Å². The molecule has 9 heteroatoms. The summed E-state index contributed by atoms with van der Waals surface area (Å²) in [4.78, 5) is 30.4. The van der Waals surface area contributed by atoms with Gasteiger partial charge in [0.2, 0.25) is 0 Å². The summed E-state index contributed by atoms with van der Waals surface area (Å²) in [6.07, 6.45) is -1.05. The van der Waals surface area contributed by atoms with Gasteiger partial charge in [0.15, 0.2) is 11.9 Å². The Morgan fingerprint density at radius 1 is 1.03 bits per heavy atom. The van der Waals surface area contributed by atoms with Gasteiger partial charge in [0.05, 0.1) is 16.6 Å². The molecule has 1 amide bonds. The number of thiophene rings is 1. The molecule has 0 bridgehead atoms. The average molecular weight is 465 g/mol. The molecule has 4 rings (SSSR count). The van der Waals surface area contributed by atoms with E-state index in [2.05, 4.69) is 15.4 Å². The summed E-state index contributed by atoms with van der Waals surface area (Å²) in [5.41, 5.74) is 1.47. The van der Waals surface area contributed by atoms with Gasteiger partial charge in [-0.3, -0.25) is 4.79 Å². The third-order valence-corrected chi connectivity index (χ3v) is 5.78. The Bertz CT molecular complexity index is 1240. The zero-order valence-electron chi connectivity index (χ0n) is 17.9. The lowest BCUT2D eigenvalue weighted by molar-refractivity contribution is -0.129. The summed E-state index contributed by atoms with van der Waals surface area (Å²) in [5, 5.41) is 8.97. The fraction of sp³-hybridized carbons (Fsp3) is 0.167. The minimum absolute atomic E-state index is 0.196. The van der Waals surface area contributed by atoms with E-state index in [4.69, 9.17) is 4.74 Å². The van der Waals surface area contributed by atoms with Crippen LogP contribution in [-0.2, 0) is 9.53 Å². The van der Waals surface area contributed by atoms with Crippen LogP contribution in [0, 0.1) is 5.82 Å². The maximum Gasteiger partial charge on any atom is 0.379 e. The smallest absolute Gasteiger partial charge is 0.379 e. The third-order valence-electron chi connectivity index (χ3n) is 4.91. The first kappa shape index (κ1) is 22.3. The first-order valence-electron chi connectivity index (χ1n) is 10.3. The van der Waals surface area contributed by atoms with E-state index in [0.717, 1.165) is 10.4 Å². The van der Waals surface area contributed by atoms with Crippen LogP contribution in [0.2, 0.25) is 0 Å². The molecule has 0 saturated carbocycles. The van der Waals surface area contributed by atoms with Gasteiger partial charge in [0.1, 0.15) is 5.82 Å².